The first-order valence-corrected chi connectivity index (χ1v) is 5.23. The maximum Gasteiger partial charge on any atom is 0.127 e. The number of hydrogen-bond donors (Lipinski definition) is 0. The molecule has 0 aliphatic heterocycles. The highest BCUT2D eigenvalue weighted by molar-refractivity contribution is 6.35. The molecule has 0 bridgehead atoms. The van der Waals surface area contributed by atoms with Crippen LogP contribution in [0, 0.1) is 0 Å². The van der Waals surface area contributed by atoms with Crippen LogP contribution in [0.3, 0.4) is 0 Å². The zero-order valence-corrected chi connectivity index (χ0v) is 9.16. The SMILES string of the molecule is CC(C=O)c1ccc2cccc(Cl)c2c1. The van der Waals surface area contributed by atoms with Crippen molar-refractivity contribution >= 4 is 28.7 Å². The number of carbonyl (C=O) groups excluding carboxylic acids is 1. The zero-order valence-electron chi connectivity index (χ0n) is 8.41. The Morgan fingerprint density at radius 2 is 2.07 bits per heavy atom. The molecule has 2 aromatic rings. The molecule has 2 heteroatoms. The fourth-order valence-electron chi connectivity index (χ4n) is 1.61. The molecular weight excluding hydrogens is 208 g/mol. The van der Waals surface area contributed by atoms with Gasteiger partial charge in [-0.1, -0.05) is 42.8 Å². The van der Waals surface area contributed by atoms with E-state index in [9.17, 15) is 4.79 Å². The van der Waals surface area contributed by atoms with E-state index >= 15 is 0 Å². The summed E-state index contributed by atoms with van der Waals surface area (Å²) in [5, 5.41) is 2.84. The Morgan fingerprint density at radius 1 is 1.27 bits per heavy atom. The predicted molar refractivity (Wildman–Crippen MR) is 63.4 cm³/mol. The summed E-state index contributed by atoms with van der Waals surface area (Å²) < 4.78 is 0. The van der Waals surface area contributed by atoms with Gasteiger partial charge in [0.05, 0.1) is 0 Å². The first-order chi connectivity index (χ1) is 7.22. The van der Waals surface area contributed by atoms with Gasteiger partial charge < -0.3 is 4.79 Å². The molecule has 2 aromatic carbocycles. The van der Waals surface area contributed by atoms with Gasteiger partial charge in [-0.15, -0.1) is 0 Å². The topological polar surface area (TPSA) is 17.1 Å². The van der Waals surface area contributed by atoms with Gasteiger partial charge in [0.2, 0.25) is 0 Å². The minimum absolute atomic E-state index is 0.0781. The third-order valence-corrected chi connectivity index (χ3v) is 2.91. The largest absolute Gasteiger partial charge is 0.303 e. The standard InChI is InChI=1S/C13H11ClO/c1-9(8-15)11-6-5-10-3-2-4-13(14)12(10)7-11/h2-9H,1H3. The second-order valence-corrected chi connectivity index (χ2v) is 4.05. The van der Waals surface area contributed by atoms with Crippen LogP contribution >= 0.6 is 11.6 Å². The molecular formula is C13H11ClO. The van der Waals surface area contributed by atoms with Crippen molar-refractivity contribution in [3.63, 3.8) is 0 Å². The monoisotopic (exact) mass is 218 g/mol. The molecule has 0 radical (unpaired) electrons. The summed E-state index contributed by atoms with van der Waals surface area (Å²) in [6.45, 7) is 1.88. The van der Waals surface area contributed by atoms with E-state index < -0.39 is 0 Å². The summed E-state index contributed by atoms with van der Waals surface area (Å²) in [6.07, 6.45) is 0.942. The second kappa shape index (κ2) is 4.03. The van der Waals surface area contributed by atoms with Crippen molar-refractivity contribution in [1.29, 1.82) is 0 Å². The number of fused-ring (bicyclic) bond motifs is 1. The molecule has 0 saturated heterocycles. The van der Waals surface area contributed by atoms with Gasteiger partial charge in [-0.3, -0.25) is 0 Å². The molecule has 15 heavy (non-hydrogen) atoms. The Kier molecular flexibility index (Phi) is 2.74. The molecule has 0 heterocycles. The van der Waals surface area contributed by atoms with Crippen molar-refractivity contribution in [2.24, 2.45) is 0 Å². The van der Waals surface area contributed by atoms with Crippen molar-refractivity contribution < 1.29 is 4.79 Å². The van der Waals surface area contributed by atoms with Crippen LogP contribution in [0.5, 0.6) is 0 Å². The fourth-order valence-corrected chi connectivity index (χ4v) is 1.85. The molecule has 0 aliphatic carbocycles. The quantitative estimate of drug-likeness (QED) is 0.701. The van der Waals surface area contributed by atoms with Crippen molar-refractivity contribution in [3.05, 3.63) is 47.0 Å². The van der Waals surface area contributed by atoms with E-state index in [0.717, 1.165) is 27.6 Å². The molecule has 0 aliphatic rings. The molecule has 0 N–H and O–H groups in total. The zero-order chi connectivity index (χ0) is 10.8. The summed E-state index contributed by atoms with van der Waals surface area (Å²) >= 11 is 6.09. The maximum atomic E-state index is 10.7. The summed E-state index contributed by atoms with van der Waals surface area (Å²) in [7, 11) is 0. The summed E-state index contributed by atoms with van der Waals surface area (Å²) in [5.41, 5.74) is 1.01. The molecule has 2 rings (SSSR count). The molecule has 0 fully saturated rings. The lowest BCUT2D eigenvalue weighted by Crippen LogP contribution is -1.93. The maximum absolute atomic E-state index is 10.7. The minimum atomic E-state index is -0.0781. The highest BCUT2D eigenvalue weighted by Gasteiger charge is 2.05. The number of halogens is 1. The van der Waals surface area contributed by atoms with E-state index in [0.29, 0.717) is 0 Å². The Bertz CT molecular complexity index is 505. The van der Waals surface area contributed by atoms with E-state index in [2.05, 4.69) is 0 Å². The molecule has 0 saturated carbocycles. The van der Waals surface area contributed by atoms with E-state index in [1.807, 2.05) is 43.3 Å². The Labute approximate surface area is 93.7 Å². The summed E-state index contributed by atoms with van der Waals surface area (Å²) in [5.74, 6) is -0.0781. The fraction of sp³-hybridized carbons (Fsp3) is 0.154. The summed E-state index contributed by atoms with van der Waals surface area (Å²) in [4.78, 5) is 10.7. The molecule has 1 nitrogen and oxygen atoms in total. The first-order valence-electron chi connectivity index (χ1n) is 4.86. The first kappa shape index (κ1) is 10.2. The number of carbonyl (C=O) groups is 1. The van der Waals surface area contributed by atoms with Crippen LogP contribution in [0.4, 0.5) is 0 Å². The van der Waals surface area contributed by atoms with Gasteiger partial charge in [0, 0.05) is 16.3 Å². The second-order valence-electron chi connectivity index (χ2n) is 3.65. The normalized spacial score (nSPS) is 12.7. The molecule has 1 unspecified atom stereocenters. The lowest BCUT2D eigenvalue weighted by atomic mass is 9.99. The molecule has 0 amide bonds. The van der Waals surface area contributed by atoms with Crippen LogP contribution in [0.25, 0.3) is 10.8 Å². The highest BCUT2D eigenvalue weighted by atomic mass is 35.5. The van der Waals surface area contributed by atoms with E-state index in [4.69, 9.17) is 11.6 Å². The van der Waals surface area contributed by atoms with Crippen molar-refractivity contribution in [1.82, 2.24) is 0 Å². The van der Waals surface area contributed by atoms with E-state index in [1.54, 1.807) is 0 Å². The molecule has 76 valence electrons. The van der Waals surface area contributed by atoms with Gasteiger partial charge in [0.1, 0.15) is 6.29 Å². The lowest BCUT2D eigenvalue weighted by molar-refractivity contribution is -0.108. The molecule has 0 aromatic heterocycles. The van der Waals surface area contributed by atoms with Gasteiger partial charge in [0.15, 0.2) is 0 Å². The van der Waals surface area contributed by atoms with Gasteiger partial charge in [-0.2, -0.15) is 0 Å². The lowest BCUT2D eigenvalue weighted by Gasteiger charge is -2.06. The van der Waals surface area contributed by atoms with E-state index in [-0.39, 0.29) is 5.92 Å². The van der Waals surface area contributed by atoms with Gasteiger partial charge in [-0.25, -0.2) is 0 Å². The van der Waals surface area contributed by atoms with Crippen molar-refractivity contribution in [2.45, 2.75) is 12.8 Å². The third-order valence-electron chi connectivity index (χ3n) is 2.58. The number of rotatable bonds is 2. The smallest absolute Gasteiger partial charge is 0.127 e. The van der Waals surface area contributed by atoms with Crippen LogP contribution in [-0.4, -0.2) is 6.29 Å². The van der Waals surface area contributed by atoms with Gasteiger partial charge in [-0.05, 0) is 23.1 Å². The van der Waals surface area contributed by atoms with E-state index in [1.165, 1.54) is 0 Å². The summed E-state index contributed by atoms with van der Waals surface area (Å²) in [6, 6.07) is 11.7. The average molecular weight is 219 g/mol. The van der Waals surface area contributed by atoms with Gasteiger partial charge in [0.25, 0.3) is 0 Å². The Morgan fingerprint density at radius 3 is 2.80 bits per heavy atom. The number of hydrogen-bond acceptors (Lipinski definition) is 1. The highest BCUT2D eigenvalue weighted by Crippen LogP contribution is 2.26. The van der Waals surface area contributed by atoms with Crippen LogP contribution in [0.1, 0.15) is 18.4 Å². The van der Waals surface area contributed by atoms with Crippen molar-refractivity contribution in [2.75, 3.05) is 0 Å². The van der Waals surface area contributed by atoms with Crippen LogP contribution in [0.2, 0.25) is 5.02 Å². The Hall–Kier alpha value is -1.34. The minimum Gasteiger partial charge on any atom is -0.303 e. The van der Waals surface area contributed by atoms with Gasteiger partial charge >= 0.3 is 0 Å². The molecule has 1 atom stereocenters. The Balaban J connectivity index is 2.64. The molecule has 0 spiro atoms. The number of aldehydes is 1. The van der Waals surface area contributed by atoms with Crippen LogP contribution in [0.15, 0.2) is 36.4 Å². The van der Waals surface area contributed by atoms with Crippen LogP contribution < -0.4 is 0 Å². The van der Waals surface area contributed by atoms with Crippen molar-refractivity contribution in [3.8, 4) is 0 Å². The van der Waals surface area contributed by atoms with Crippen LogP contribution in [-0.2, 0) is 4.79 Å². The third kappa shape index (κ3) is 1.88. The average Bonchev–Trinajstić information content (AvgIpc) is 2.28. The number of benzene rings is 2. The predicted octanol–water partition coefficient (Wildman–Crippen LogP) is 3.80.